The molecule has 3 rings (SSSR count). The van der Waals surface area contributed by atoms with E-state index in [2.05, 4.69) is 25.9 Å². The molecule has 0 radical (unpaired) electrons. The van der Waals surface area contributed by atoms with Crippen LogP contribution in [0.1, 0.15) is 12.5 Å². The van der Waals surface area contributed by atoms with Gasteiger partial charge in [-0.2, -0.15) is 13.2 Å². The summed E-state index contributed by atoms with van der Waals surface area (Å²) in [6.07, 6.45) is -2.29. The lowest BCUT2D eigenvalue weighted by atomic mass is 10.1. The molecule has 1 aromatic carbocycles. The van der Waals surface area contributed by atoms with E-state index in [0.717, 1.165) is 29.1 Å². The molecule has 0 unspecified atom stereocenters. The van der Waals surface area contributed by atoms with Crippen LogP contribution in [-0.2, 0) is 16.0 Å². The van der Waals surface area contributed by atoms with Crippen molar-refractivity contribution in [1.29, 1.82) is 0 Å². The first kappa shape index (κ1) is 19.5. The maximum absolute atomic E-state index is 12.8. The number of rotatable bonds is 3. The van der Waals surface area contributed by atoms with E-state index in [4.69, 9.17) is 0 Å². The fraction of sp³-hybridized carbons (Fsp3) is 0.188. The molecular formula is C16H11BrF3N3O3S. The van der Waals surface area contributed by atoms with Crippen LogP contribution in [0.2, 0.25) is 0 Å². The lowest BCUT2D eigenvalue weighted by Gasteiger charge is -2.12. The molecule has 0 spiro atoms. The molecule has 0 amide bonds. The van der Waals surface area contributed by atoms with Gasteiger partial charge in [0.25, 0.3) is 5.56 Å². The smallest absolute Gasteiger partial charge is 0.268 e. The third kappa shape index (κ3) is 3.61. The van der Waals surface area contributed by atoms with Crippen LogP contribution in [0.3, 0.4) is 0 Å². The molecule has 0 saturated carbocycles. The van der Waals surface area contributed by atoms with Gasteiger partial charge in [0.05, 0.1) is 22.2 Å². The predicted octanol–water partition coefficient (Wildman–Crippen LogP) is 3.36. The van der Waals surface area contributed by atoms with Gasteiger partial charge in [-0.15, -0.1) is 0 Å². The summed E-state index contributed by atoms with van der Waals surface area (Å²) in [5.41, 5.74) is -1.81. The number of benzene rings is 1. The number of halogens is 4. The Bertz CT molecular complexity index is 1210. The standard InChI is InChI=1S/C16H11BrF3N3O3S/c1-2-27(25,26)13-6-10(17)7-21-14(13)23-8-22-12-5-9(16(18,19)20)3-4-11(12)15(23)24/h3-8H,2H2,1H3. The Morgan fingerprint density at radius 1 is 1.19 bits per heavy atom. The average Bonchev–Trinajstić information content (AvgIpc) is 2.61. The van der Waals surface area contributed by atoms with E-state index in [9.17, 15) is 26.4 Å². The molecule has 0 saturated heterocycles. The highest BCUT2D eigenvalue weighted by molar-refractivity contribution is 9.10. The quantitative estimate of drug-likeness (QED) is 0.597. The van der Waals surface area contributed by atoms with Gasteiger partial charge in [0.15, 0.2) is 15.7 Å². The topological polar surface area (TPSA) is 81.9 Å². The molecule has 0 aliphatic carbocycles. The molecule has 142 valence electrons. The van der Waals surface area contributed by atoms with E-state index in [1.54, 1.807) is 0 Å². The summed E-state index contributed by atoms with van der Waals surface area (Å²) in [5.74, 6) is -0.387. The highest BCUT2D eigenvalue weighted by Crippen LogP contribution is 2.30. The lowest BCUT2D eigenvalue weighted by Crippen LogP contribution is -2.23. The Hall–Kier alpha value is -2.27. The van der Waals surface area contributed by atoms with E-state index in [1.165, 1.54) is 19.2 Å². The van der Waals surface area contributed by atoms with E-state index in [-0.39, 0.29) is 27.4 Å². The van der Waals surface area contributed by atoms with Gasteiger partial charge in [-0.3, -0.25) is 4.79 Å². The zero-order chi connectivity index (χ0) is 20.0. The molecule has 0 atom stereocenters. The van der Waals surface area contributed by atoms with Crippen molar-refractivity contribution in [3.8, 4) is 5.82 Å². The Morgan fingerprint density at radius 2 is 1.89 bits per heavy atom. The molecule has 2 aromatic heterocycles. The summed E-state index contributed by atoms with van der Waals surface area (Å²) < 4.78 is 64.5. The largest absolute Gasteiger partial charge is 0.416 e. The normalized spacial score (nSPS) is 12.5. The fourth-order valence-electron chi connectivity index (χ4n) is 2.43. The molecule has 0 aliphatic heterocycles. The number of nitrogens with zero attached hydrogens (tertiary/aromatic N) is 3. The van der Waals surface area contributed by atoms with Crippen LogP contribution in [0.5, 0.6) is 0 Å². The van der Waals surface area contributed by atoms with Crippen molar-refractivity contribution in [1.82, 2.24) is 14.5 Å². The van der Waals surface area contributed by atoms with Crippen LogP contribution >= 0.6 is 15.9 Å². The van der Waals surface area contributed by atoms with Gasteiger partial charge in [-0.05, 0) is 40.2 Å². The summed E-state index contributed by atoms with van der Waals surface area (Å²) in [6.45, 7) is 1.44. The molecule has 6 nitrogen and oxygen atoms in total. The Morgan fingerprint density at radius 3 is 2.52 bits per heavy atom. The van der Waals surface area contributed by atoms with Crippen molar-refractivity contribution in [2.24, 2.45) is 0 Å². The highest BCUT2D eigenvalue weighted by atomic mass is 79.9. The third-order valence-electron chi connectivity index (χ3n) is 3.83. The van der Waals surface area contributed by atoms with Crippen LogP contribution in [0.25, 0.3) is 16.7 Å². The molecule has 0 aliphatic rings. The minimum absolute atomic E-state index is 0.0879. The van der Waals surface area contributed by atoms with Gasteiger partial charge < -0.3 is 0 Å². The Balaban J connectivity index is 2.29. The summed E-state index contributed by atoms with van der Waals surface area (Å²) in [5, 5.41) is -0.0879. The zero-order valence-electron chi connectivity index (χ0n) is 13.7. The van der Waals surface area contributed by atoms with Crippen molar-refractivity contribution in [2.75, 3.05) is 5.75 Å². The predicted molar refractivity (Wildman–Crippen MR) is 95.6 cm³/mol. The maximum atomic E-state index is 12.8. The van der Waals surface area contributed by atoms with Crippen LogP contribution < -0.4 is 5.56 Å². The van der Waals surface area contributed by atoms with Crippen molar-refractivity contribution in [3.05, 3.63) is 57.2 Å². The summed E-state index contributed by atoms with van der Waals surface area (Å²) in [7, 11) is -3.72. The lowest BCUT2D eigenvalue weighted by molar-refractivity contribution is -0.137. The Kier molecular flexibility index (Phi) is 4.85. The van der Waals surface area contributed by atoms with Crippen LogP contribution in [0.15, 0.2) is 51.0 Å². The molecule has 0 bridgehead atoms. The number of hydrogen-bond donors (Lipinski definition) is 0. The molecule has 3 aromatic rings. The first-order valence-corrected chi connectivity index (χ1v) is 9.96. The SMILES string of the molecule is CCS(=O)(=O)c1cc(Br)cnc1-n1cnc2cc(C(F)(F)F)ccc2c1=O. The molecule has 0 N–H and O–H groups in total. The maximum Gasteiger partial charge on any atom is 0.416 e. The van der Waals surface area contributed by atoms with Crippen molar-refractivity contribution < 1.29 is 21.6 Å². The minimum atomic E-state index is -4.57. The van der Waals surface area contributed by atoms with Gasteiger partial charge >= 0.3 is 6.18 Å². The third-order valence-corrected chi connectivity index (χ3v) is 5.99. The van der Waals surface area contributed by atoms with Gasteiger partial charge in [0.2, 0.25) is 0 Å². The molecular weight excluding hydrogens is 451 g/mol. The van der Waals surface area contributed by atoms with E-state index >= 15 is 0 Å². The van der Waals surface area contributed by atoms with Crippen LogP contribution in [0, 0.1) is 0 Å². The second-order valence-electron chi connectivity index (χ2n) is 5.53. The summed E-state index contributed by atoms with van der Waals surface area (Å²) in [6, 6.07) is 3.86. The van der Waals surface area contributed by atoms with Crippen LogP contribution in [-0.4, -0.2) is 28.7 Å². The van der Waals surface area contributed by atoms with Crippen molar-refractivity contribution >= 4 is 36.7 Å². The monoisotopic (exact) mass is 461 g/mol. The number of aromatic nitrogens is 3. The van der Waals surface area contributed by atoms with Crippen LogP contribution in [0.4, 0.5) is 13.2 Å². The summed E-state index contributed by atoms with van der Waals surface area (Å²) >= 11 is 3.14. The second kappa shape index (κ2) is 6.71. The van der Waals surface area contributed by atoms with Gasteiger partial charge in [0.1, 0.15) is 11.2 Å². The first-order valence-electron chi connectivity index (χ1n) is 7.52. The van der Waals surface area contributed by atoms with Gasteiger partial charge in [-0.1, -0.05) is 6.92 Å². The first-order chi connectivity index (χ1) is 12.5. The van der Waals surface area contributed by atoms with Crippen molar-refractivity contribution in [2.45, 2.75) is 18.0 Å². The Labute approximate surface area is 159 Å². The number of fused-ring (bicyclic) bond motifs is 1. The second-order valence-corrected chi connectivity index (χ2v) is 8.69. The summed E-state index contributed by atoms with van der Waals surface area (Å²) in [4.78, 5) is 20.4. The van der Waals surface area contributed by atoms with E-state index < -0.39 is 27.1 Å². The number of alkyl halides is 3. The molecule has 11 heteroatoms. The average molecular weight is 462 g/mol. The van der Waals surface area contributed by atoms with Crippen molar-refractivity contribution in [3.63, 3.8) is 0 Å². The molecule has 2 heterocycles. The molecule has 0 fully saturated rings. The minimum Gasteiger partial charge on any atom is -0.268 e. The number of hydrogen-bond acceptors (Lipinski definition) is 5. The number of pyridine rings is 1. The zero-order valence-corrected chi connectivity index (χ0v) is 16.1. The fourth-order valence-corrected chi connectivity index (χ4v) is 3.96. The van der Waals surface area contributed by atoms with E-state index in [1.807, 2.05) is 0 Å². The van der Waals surface area contributed by atoms with E-state index in [0.29, 0.717) is 4.47 Å². The van der Waals surface area contributed by atoms with Gasteiger partial charge in [0, 0.05) is 10.7 Å². The highest BCUT2D eigenvalue weighted by Gasteiger charge is 2.31. The van der Waals surface area contributed by atoms with Gasteiger partial charge in [-0.25, -0.2) is 23.0 Å². The molecule has 27 heavy (non-hydrogen) atoms. The number of sulfone groups is 1.